The molecule has 8 nitrogen and oxygen atoms in total. The Bertz CT molecular complexity index is 301. The van der Waals surface area contributed by atoms with Gasteiger partial charge in [-0.2, -0.15) is 12.6 Å². The van der Waals surface area contributed by atoms with E-state index in [-0.39, 0.29) is 49.9 Å². The molecule has 0 aliphatic heterocycles. The summed E-state index contributed by atoms with van der Waals surface area (Å²) in [6, 6.07) is 0.0417. The van der Waals surface area contributed by atoms with Crippen molar-refractivity contribution >= 4 is 11.9 Å². The number of nitrogens with one attached hydrogen (secondary N) is 4. The maximum atomic E-state index is 10.2. The van der Waals surface area contributed by atoms with E-state index in [2.05, 4.69) is 12.4 Å². The second kappa shape index (κ2) is 28.6. The zero-order valence-corrected chi connectivity index (χ0v) is 21.6. The molecule has 0 radical (unpaired) electrons. The third kappa shape index (κ3) is 33.0. The summed E-state index contributed by atoms with van der Waals surface area (Å²) in [5.41, 5.74) is 19.8. The van der Waals surface area contributed by atoms with Gasteiger partial charge in [-0.25, -0.2) is 0 Å². The monoisotopic (exact) mass is 454 g/mol. The zero-order valence-electron chi connectivity index (χ0n) is 18.7. The number of carboxylic acid groups (broad SMARTS) is 2. The Hall–Kier alpha value is -0.597. The van der Waals surface area contributed by atoms with E-state index in [4.69, 9.17) is 27.4 Å². The number of hydrogen-bond acceptors (Lipinski definition) is 3. The van der Waals surface area contributed by atoms with E-state index in [1.54, 1.807) is 6.92 Å². The van der Waals surface area contributed by atoms with Crippen molar-refractivity contribution in [1.29, 1.82) is 0 Å². The molecule has 0 fully saturated rings. The van der Waals surface area contributed by atoms with Crippen LogP contribution < -0.4 is 5.32 Å². The Labute approximate surface area is 185 Å². The fourth-order valence-electron chi connectivity index (χ4n) is 1.35. The molecule has 2 atom stereocenters. The van der Waals surface area contributed by atoms with Crippen molar-refractivity contribution in [3.05, 3.63) is 24.2 Å². The van der Waals surface area contributed by atoms with Gasteiger partial charge in [-0.1, -0.05) is 41.5 Å². The average molecular weight is 456 g/mol. The van der Waals surface area contributed by atoms with Crippen LogP contribution in [-0.4, -0.2) is 47.3 Å². The molecule has 0 spiro atoms. The van der Waals surface area contributed by atoms with Gasteiger partial charge in [0.15, 0.2) is 0 Å². The van der Waals surface area contributed by atoms with Crippen LogP contribution in [0.1, 0.15) is 67.2 Å². The Morgan fingerprint density at radius 1 is 0.857 bits per heavy atom. The van der Waals surface area contributed by atoms with Crippen LogP contribution in [0.4, 0.5) is 0 Å². The SMILES string of the molecule is CC([NH-])C[NH-].CCC(CC)C(=O)O.CCC(CC)C(=O)O.[CH2-]NC(C)C[NH-].[Zn]. The van der Waals surface area contributed by atoms with Crippen LogP contribution in [0.2, 0.25) is 0 Å². The van der Waals surface area contributed by atoms with Crippen LogP contribution >= 0.6 is 0 Å². The van der Waals surface area contributed by atoms with E-state index >= 15 is 0 Å². The Morgan fingerprint density at radius 3 is 1.11 bits per heavy atom. The van der Waals surface area contributed by atoms with Crippen molar-refractivity contribution < 1.29 is 39.3 Å². The van der Waals surface area contributed by atoms with E-state index in [1.807, 2.05) is 34.6 Å². The molecule has 0 bridgehead atoms. The van der Waals surface area contributed by atoms with Crippen molar-refractivity contribution in [2.75, 3.05) is 13.1 Å². The van der Waals surface area contributed by atoms with Crippen molar-refractivity contribution in [1.82, 2.24) is 5.32 Å². The minimum Gasteiger partial charge on any atom is -0.679 e. The molecule has 0 heterocycles. The van der Waals surface area contributed by atoms with Gasteiger partial charge in [-0.05, 0) is 31.7 Å². The smallest absolute Gasteiger partial charge is 0.306 e. The largest absolute Gasteiger partial charge is 0.679 e. The number of carbonyl (C=O) groups is 2. The molecule has 6 N–H and O–H groups in total. The molecule has 0 aromatic heterocycles. The molecular formula is C19H42N4O4Zn-4. The molecule has 0 rings (SSSR count). The molecular weight excluding hydrogens is 414 g/mol. The molecule has 28 heavy (non-hydrogen) atoms. The molecule has 9 heteroatoms. The van der Waals surface area contributed by atoms with Crippen molar-refractivity contribution in [2.45, 2.75) is 79.3 Å². The van der Waals surface area contributed by atoms with Gasteiger partial charge in [-0.3, -0.25) is 16.6 Å². The van der Waals surface area contributed by atoms with Crippen LogP contribution in [0.3, 0.4) is 0 Å². The predicted octanol–water partition coefficient (Wildman–Crippen LogP) is 5.30. The number of aliphatic carboxylic acids is 2. The van der Waals surface area contributed by atoms with Gasteiger partial charge in [0.05, 0.1) is 11.8 Å². The molecule has 0 aliphatic carbocycles. The molecule has 0 saturated carbocycles. The third-order valence-corrected chi connectivity index (χ3v) is 3.63. The van der Waals surface area contributed by atoms with Crippen LogP contribution in [0, 0.1) is 18.9 Å². The van der Waals surface area contributed by atoms with E-state index in [0.29, 0.717) is 6.54 Å². The summed E-state index contributed by atoms with van der Waals surface area (Å²) in [4.78, 5) is 20.3. The molecule has 2 unspecified atom stereocenters. The van der Waals surface area contributed by atoms with Crippen LogP contribution in [0.25, 0.3) is 17.2 Å². The first kappa shape index (κ1) is 38.1. The minimum atomic E-state index is -0.671. The second-order valence-corrected chi connectivity index (χ2v) is 6.12. The molecule has 0 amide bonds. The Morgan fingerprint density at radius 2 is 1.11 bits per heavy atom. The van der Waals surface area contributed by atoms with E-state index in [0.717, 1.165) is 25.7 Å². The molecule has 0 aromatic carbocycles. The van der Waals surface area contributed by atoms with Crippen molar-refractivity contribution in [3.63, 3.8) is 0 Å². The maximum absolute atomic E-state index is 10.2. The van der Waals surface area contributed by atoms with E-state index < -0.39 is 11.9 Å². The van der Waals surface area contributed by atoms with Gasteiger partial charge in [0, 0.05) is 19.5 Å². The van der Waals surface area contributed by atoms with Crippen LogP contribution in [0.5, 0.6) is 0 Å². The fraction of sp³-hybridized carbons (Fsp3) is 0.842. The fourth-order valence-corrected chi connectivity index (χ4v) is 1.35. The van der Waals surface area contributed by atoms with Gasteiger partial charge >= 0.3 is 11.9 Å². The predicted molar refractivity (Wildman–Crippen MR) is 114 cm³/mol. The topological polar surface area (TPSA) is 158 Å². The molecule has 0 aromatic rings. The average Bonchev–Trinajstić information content (AvgIpc) is 2.64. The summed E-state index contributed by atoms with van der Waals surface area (Å²) < 4.78 is 0. The van der Waals surface area contributed by atoms with E-state index in [9.17, 15) is 9.59 Å². The summed E-state index contributed by atoms with van der Waals surface area (Å²) >= 11 is 0. The Kier molecular flexibility index (Phi) is 38.9. The van der Waals surface area contributed by atoms with Gasteiger partial charge < -0.3 is 32.7 Å². The van der Waals surface area contributed by atoms with Crippen LogP contribution in [0.15, 0.2) is 0 Å². The minimum absolute atomic E-state index is 0. The van der Waals surface area contributed by atoms with Gasteiger partial charge in [-0.15, -0.1) is 6.54 Å². The van der Waals surface area contributed by atoms with Crippen LogP contribution in [-0.2, 0) is 29.1 Å². The first-order valence-electron chi connectivity index (χ1n) is 9.50. The molecule has 168 valence electrons. The number of hydrogen-bond donors (Lipinski definition) is 3. The third-order valence-electron chi connectivity index (χ3n) is 3.63. The second-order valence-electron chi connectivity index (χ2n) is 6.12. The summed E-state index contributed by atoms with van der Waals surface area (Å²) in [5, 5.41) is 19.4. The first-order chi connectivity index (χ1) is 12.5. The van der Waals surface area contributed by atoms with E-state index in [1.165, 1.54) is 0 Å². The Balaban J connectivity index is -0.0000000844. The summed E-state index contributed by atoms with van der Waals surface area (Å²) in [7, 11) is 3.39. The standard InChI is InChI=1S/2C6H12O2.C4H10N2.C3H8N2.Zn/c2*1-3-5(4-2)6(7)8;1-4(3-5)6-2;1-3(5)2-4;/h2*5H,3-4H2,1-2H3,(H,7,8);4-6H,2-3H2,1H3;3-5H,2H2,1H3;/q;;2*-2;. The normalized spacial score (nSPS) is 11.4. The summed E-state index contributed by atoms with van der Waals surface area (Å²) in [5.74, 6) is -1.60. The van der Waals surface area contributed by atoms with Crippen molar-refractivity contribution in [2.24, 2.45) is 11.8 Å². The molecule has 0 aliphatic rings. The quantitative estimate of drug-likeness (QED) is 0.317. The first-order valence-corrected chi connectivity index (χ1v) is 9.50. The van der Waals surface area contributed by atoms with Gasteiger partial charge in [0.2, 0.25) is 0 Å². The number of carboxylic acids is 2. The van der Waals surface area contributed by atoms with Gasteiger partial charge in [0.25, 0.3) is 0 Å². The molecule has 0 saturated heterocycles. The summed E-state index contributed by atoms with van der Waals surface area (Å²) in [6.45, 7) is 11.8. The number of rotatable bonds is 9. The van der Waals surface area contributed by atoms with Gasteiger partial charge in [0.1, 0.15) is 0 Å². The van der Waals surface area contributed by atoms with Crippen molar-refractivity contribution in [3.8, 4) is 0 Å². The summed E-state index contributed by atoms with van der Waals surface area (Å²) in [6.07, 6.45) is 2.97. The maximum Gasteiger partial charge on any atom is 0.306 e. The zero-order chi connectivity index (χ0) is 22.4.